The minimum Gasteiger partial charge on any atom is -0.393 e. The molecule has 3 atom stereocenters. The number of anilines is 2. The number of nitriles is 1. The van der Waals surface area contributed by atoms with E-state index in [4.69, 9.17) is 11.6 Å². The number of H-pyrrole nitrogens is 1. The lowest BCUT2D eigenvalue weighted by molar-refractivity contribution is 0.0876. The van der Waals surface area contributed by atoms with Gasteiger partial charge in [0.2, 0.25) is 0 Å². The van der Waals surface area contributed by atoms with Crippen molar-refractivity contribution in [1.82, 2.24) is 14.8 Å². The molecule has 3 aromatic rings. The number of hydrogen-bond donors (Lipinski definition) is 3. The average Bonchev–Trinajstić information content (AvgIpc) is 3.03. The van der Waals surface area contributed by atoms with Crippen molar-refractivity contribution in [2.75, 3.05) is 5.32 Å². The molecule has 0 saturated heterocycles. The van der Waals surface area contributed by atoms with Gasteiger partial charge in [0.25, 0.3) is 5.56 Å². The molecule has 0 aliphatic heterocycles. The highest BCUT2D eigenvalue weighted by Crippen LogP contribution is 2.36. The first-order chi connectivity index (χ1) is 13.1. The molecule has 2 aromatic heterocycles. The minimum absolute atomic E-state index is 0.191. The fourth-order valence-electron chi connectivity index (χ4n) is 3.67. The summed E-state index contributed by atoms with van der Waals surface area (Å²) in [7, 11) is 0. The molecule has 1 aliphatic carbocycles. The number of aromatic nitrogens is 3. The maximum atomic E-state index is 12.5. The van der Waals surface area contributed by atoms with E-state index in [2.05, 4.69) is 21.5 Å². The lowest BCUT2D eigenvalue weighted by Crippen LogP contribution is -2.29. The van der Waals surface area contributed by atoms with Crippen molar-refractivity contribution >= 4 is 34.0 Å². The molecular formula is C19H18ClN5O2. The third-order valence-corrected chi connectivity index (χ3v) is 5.26. The Hall–Kier alpha value is -2.82. The first kappa shape index (κ1) is 17.6. The van der Waals surface area contributed by atoms with E-state index >= 15 is 0 Å². The number of nitrogens with zero attached hydrogens (tertiary/aromatic N) is 3. The van der Waals surface area contributed by atoms with Crippen molar-refractivity contribution in [3.8, 4) is 6.07 Å². The van der Waals surface area contributed by atoms with Gasteiger partial charge in [0.15, 0.2) is 5.82 Å². The Kier molecular flexibility index (Phi) is 4.60. The van der Waals surface area contributed by atoms with Gasteiger partial charge >= 0.3 is 0 Å². The van der Waals surface area contributed by atoms with Gasteiger partial charge in [0.05, 0.1) is 29.6 Å². The molecule has 1 aliphatic rings. The summed E-state index contributed by atoms with van der Waals surface area (Å²) in [4.78, 5) is 15.2. The Balaban J connectivity index is 1.80. The van der Waals surface area contributed by atoms with E-state index in [1.165, 1.54) is 0 Å². The summed E-state index contributed by atoms with van der Waals surface area (Å²) in [5.74, 6) is 0.0662. The zero-order chi connectivity index (χ0) is 19.0. The Morgan fingerprint density at radius 2 is 2.07 bits per heavy atom. The minimum atomic E-state index is -0.470. The summed E-state index contributed by atoms with van der Waals surface area (Å²) in [6.45, 7) is 0. The van der Waals surface area contributed by atoms with Gasteiger partial charge in [-0.25, -0.2) is 0 Å². The lowest BCUT2D eigenvalue weighted by Gasteiger charge is -2.30. The molecule has 3 unspecified atom stereocenters. The molecule has 8 heteroatoms. The van der Waals surface area contributed by atoms with Crippen molar-refractivity contribution in [2.45, 2.75) is 31.4 Å². The van der Waals surface area contributed by atoms with Crippen molar-refractivity contribution in [2.24, 2.45) is 5.92 Å². The van der Waals surface area contributed by atoms with Crippen molar-refractivity contribution < 1.29 is 5.11 Å². The Morgan fingerprint density at radius 3 is 2.81 bits per heavy atom. The Labute approximate surface area is 160 Å². The van der Waals surface area contributed by atoms with Crippen LogP contribution in [0.1, 0.15) is 25.3 Å². The lowest BCUT2D eigenvalue weighted by atomic mass is 9.84. The zero-order valence-corrected chi connectivity index (χ0v) is 15.1. The molecule has 1 saturated carbocycles. The van der Waals surface area contributed by atoms with Crippen LogP contribution in [-0.4, -0.2) is 26.0 Å². The van der Waals surface area contributed by atoms with Crippen LogP contribution >= 0.6 is 11.6 Å². The van der Waals surface area contributed by atoms with Crippen LogP contribution in [0.25, 0.3) is 10.9 Å². The zero-order valence-electron chi connectivity index (χ0n) is 14.4. The molecule has 0 amide bonds. The monoisotopic (exact) mass is 383 g/mol. The quantitative estimate of drug-likeness (QED) is 0.643. The first-order valence-electron chi connectivity index (χ1n) is 8.77. The van der Waals surface area contributed by atoms with E-state index in [1.807, 2.05) is 0 Å². The van der Waals surface area contributed by atoms with Crippen LogP contribution in [0, 0.1) is 17.2 Å². The topological polar surface area (TPSA) is 107 Å². The number of aliphatic hydroxyl groups is 1. The number of pyridine rings is 1. The smallest absolute Gasteiger partial charge is 0.261 e. The van der Waals surface area contributed by atoms with Gasteiger partial charge in [-0.2, -0.15) is 10.4 Å². The third kappa shape index (κ3) is 3.29. The molecule has 1 aromatic carbocycles. The van der Waals surface area contributed by atoms with Crippen molar-refractivity contribution in [3.63, 3.8) is 0 Å². The van der Waals surface area contributed by atoms with Crippen LogP contribution in [0.4, 0.5) is 11.5 Å². The number of aliphatic hydroxyl groups excluding tert-OH is 1. The predicted octanol–water partition coefficient (Wildman–Crippen LogP) is 3.35. The third-order valence-electron chi connectivity index (χ3n) is 5.00. The van der Waals surface area contributed by atoms with E-state index in [0.717, 1.165) is 5.69 Å². The number of hydrogen-bond acceptors (Lipinski definition) is 5. The molecule has 7 nitrogen and oxygen atoms in total. The molecule has 0 spiro atoms. The number of aromatic amines is 1. The maximum Gasteiger partial charge on any atom is 0.261 e. The van der Waals surface area contributed by atoms with Gasteiger partial charge in [-0.05, 0) is 49.6 Å². The van der Waals surface area contributed by atoms with E-state index in [1.54, 1.807) is 41.2 Å². The van der Waals surface area contributed by atoms with Crippen LogP contribution in [0.2, 0.25) is 5.02 Å². The second-order valence-corrected chi connectivity index (χ2v) is 7.20. The van der Waals surface area contributed by atoms with E-state index in [9.17, 15) is 15.2 Å². The second kappa shape index (κ2) is 7.06. The summed E-state index contributed by atoms with van der Waals surface area (Å²) in [6.07, 6.45) is 2.75. The molecule has 138 valence electrons. The van der Waals surface area contributed by atoms with Crippen LogP contribution in [0.3, 0.4) is 0 Å². The van der Waals surface area contributed by atoms with Gasteiger partial charge in [0, 0.05) is 16.9 Å². The molecule has 0 bridgehead atoms. The molecular weight excluding hydrogens is 366 g/mol. The molecule has 4 rings (SSSR count). The van der Waals surface area contributed by atoms with Gasteiger partial charge in [0.1, 0.15) is 5.39 Å². The number of rotatable bonds is 3. The second-order valence-electron chi connectivity index (χ2n) is 6.76. The average molecular weight is 384 g/mol. The van der Waals surface area contributed by atoms with Crippen LogP contribution < -0.4 is 10.9 Å². The number of nitrogens with one attached hydrogen (secondary N) is 2. The number of benzene rings is 1. The number of halogens is 1. The number of fused-ring (bicyclic) bond motifs is 1. The fraction of sp³-hybridized carbons (Fsp3) is 0.316. The normalized spacial score (nSPS) is 22.5. The molecule has 2 heterocycles. The fourth-order valence-corrected chi connectivity index (χ4v) is 3.80. The molecule has 1 fully saturated rings. The van der Waals surface area contributed by atoms with Crippen LogP contribution in [-0.2, 0) is 0 Å². The van der Waals surface area contributed by atoms with E-state index < -0.39 is 6.10 Å². The summed E-state index contributed by atoms with van der Waals surface area (Å²) in [5.41, 5.74) is 1.17. The van der Waals surface area contributed by atoms with Gasteiger partial charge < -0.3 is 15.4 Å². The van der Waals surface area contributed by atoms with Gasteiger partial charge in [-0.15, -0.1) is 0 Å². The standard InChI is InChI=1S/C19H18ClN5O2/c20-12-1-3-13(4-2-12)23-18-17-16(7-8-22-19(17)27)25(24-18)15-6-5-14(26)9-11(15)10-21/h1-4,7-8,11,14-15,26H,5-6,9H2,(H,22,27)(H,23,24). The predicted molar refractivity (Wildman–Crippen MR) is 103 cm³/mol. The Bertz CT molecular complexity index is 1070. The first-order valence-corrected chi connectivity index (χ1v) is 9.15. The van der Waals surface area contributed by atoms with E-state index in [0.29, 0.717) is 41.0 Å². The van der Waals surface area contributed by atoms with Crippen LogP contribution in [0.15, 0.2) is 41.3 Å². The molecule has 27 heavy (non-hydrogen) atoms. The van der Waals surface area contributed by atoms with Gasteiger partial charge in [-0.1, -0.05) is 11.6 Å². The van der Waals surface area contributed by atoms with E-state index in [-0.39, 0.29) is 17.5 Å². The van der Waals surface area contributed by atoms with Gasteiger partial charge in [-0.3, -0.25) is 9.48 Å². The Morgan fingerprint density at radius 1 is 1.30 bits per heavy atom. The summed E-state index contributed by atoms with van der Waals surface area (Å²) < 4.78 is 1.75. The maximum absolute atomic E-state index is 12.5. The highest BCUT2D eigenvalue weighted by atomic mass is 35.5. The molecule has 0 radical (unpaired) electrons. The highest BCUT2D eigenvalue weighted by Gasteiger charge is 2.33. The molecule has 3 N–H and O–H groups in total. The summed E-state index contributed by atoms with van der Waals surface area (Å²) >= 11 is 5.93. The van der Waals surface area contributed by atoms with Crippen molar-refractivity contribution in [3.05, 3.63) is 51.9 Å². The SMILES string of the molecule is N#CC1CC(O)CCC1n1nc(Nc2ccc(Cl)cc2)c2c(=O)[nH]ccc21. The summed E-state index contributed by atoms with van der Waals surface area (Å²) in [5, 5.41) is 28.3. The van der Waals surface area contributed by atoms with Crippen molar-refractivity contribution in [1.29, 1.82) is 5.26 Å². The summed E-state index contributed by atoms with van der Waals surface area (Å²) in [6, 6.07) is 11.0. The largest absolute Gasteiger partial charge is 0.393 e. The highest BCUT2D eigenvalue weighted by molar-refractivity contribution is 6.30. The van der Waals surface area contributed by atoms with Crippen LogP contribution in [0.5, 0.6) is 0 Å².